The lowest BCUT2D eigenvalue weighted by Crippen LogP contribution is -1.95. The molecule has 0 spiro atoms. The maximum absolute atomic E-state index is 9.16. The minimum absolute atomic E-state index is 0.193. The average molecular weight is 208 g/mol. The van der Waals surface area contributed by atoms with E-state index < -0.39 is 0 Å². The van der Waals surface area contributed by atoms with E-state index in [4.69, 9.17) is 9.84 Å². The third-order valence-electron chi connectivity index (χ3n) is 1.61. The third kappa shape index (κ3) is 2.20. The Balaban J connectivity index is 1.98. The largest absolute Gasteiger partial charge is 0.508 e. The molecule has 0 aliphatic carbocycles. The molecule has 0 unspecified atom stereocenters. The van der Waals surface area contributed by atoms with E-state index in [9.17, 15) is 0 Å². The molecular weight excluding hydrogens is 200 g/mol. The quantitative estimate of drug-likeness (QED) is 0.836. The van der Waals surface area contributed by atoms with Gasteiger partial charge in [-0.3, -0.25) is 0 Å². The van der Waals surface area contributed by atoms with Crippen molar-refractivity contribution in [3.63, 3.8) is 0 Å². The van der Waals surface area contributed by atoms with E-state index in [2.05, 4.69) is 9.59 Å². The SMILES string of the molecule is Oc1cccc(OCc2csnn2)c1. The molecule has 0 atom stereocenters. The van der Waals surface area contributed by atoms with Gasteiger partial charge in [0.05, 0.1) is 0 Å². The van der Waals surface area contributed by atoms with Crippen LogP contribution in [-0.4, -0.2) is 14.7 Å². The van der Waals surface area contributed by atoms with E-state index in [1.807, 2.05) is 5.38 Å². The summed E-state index contributed by atoms with van der Waals surface area (Å²) in [5, 5.41) is 14.8. The van der Waals surface area contributed by atoms with Crippen LogP contribution in [0.15, 0.2) is 29.6 Å². The van der Waals surface area contributed by atoms with Gasteiger partial charge in [0.15, 0.2) is 0 Å². The minimum atomic E-state index is 0.193. The van der Waals surface area contributed by atoms with Crippen molar-refractivity contribution in [3.05, 3.63) is 35.3 Å². The standard InChI is InChI=1S/C9H8N2O2S/c12-8-2-1-3-9(4-8)13-5-7-6-14-11-10-7/h1-4,6,12H,5H2. The fourth-order valence-corrected chi connectivity index (χ4v) is 1.41. The second-order valence-corrected chi connectivity index (χ2v) is 3.29. The lowest BCUT2D eigenvalue weighted by molar-refractivity contribution is 0.299. The van der Waals surface area contributed by atoms with Gasteiger partial charge in [-0.05, 0) is 23.7 Å². The third-order valence-corrected chi connectivity index (χ3v) is 2.16. The van der Waals surface area contributed by atoms with Crippen molar-refractivity contribution in [3.8, 4) is 11.5 Å². The zero-order chi connectivity index (χ0) is 9.80. The fourth-order valence-electron chi connectivity index (χ4n) is 0.977. The summed E-state index contributed by atoms with van der Waals surface area (Å²) in [5.74, 6) is 0.817. The van der Waals surface area contributed by atoms with Gasteiger partial charge < -0.3 is 9.84 Å². The molecule has 4 nitrogen and oxygen atoms in total. The normalized spacial score (nSPS) is 10.0. The van der Waals surface area contributed by atoms with Crippen molar-refractivity contribution >= 4 is 11.5 Å². The number of phenolic OH excluding ortho intramolecular Hbond substituents is 1. The first kappa shape index (κ1) is 8.96. The molecule has 0 bridgehead atoms. The van der Waals surface area contributed by atoms with Crippen molar-refractivity contribution in [1.82, 2.24) is 9.59 Å². The average Bonchev–Trinajstić information content (AvgIpc) is 2.67. The second kappa shape index (κ2) is 4.06. The van der Waals surface area contributed by atoms with Crippen LogP contribution in [-0.2, 0) is 6.61 Å². The van der Waals surface area contributed by atoms with E-state index >= 15 is 0 Å². The first-order valence-corrected chi connectivity index (χ1v) is 4.86. The lowest BCUT2D eigenvalue weighted by Gasteiger charge is -2.03. The van der Waals surface area contributed by atoms with Gasteiger partial charge in [0.2, 0.25) is 0 Å². The van der Waals surface area contributed by atoms with E-state index in [1.165, 1.54) is 11.5 Å². The molecule has 0 saturated heterocycles. The lowest BCUT2D eigenvalue weighted by atomic mass is 10.3. The molecule has 1 aromatic heterocycles. The summed E-state index contributed by atoms with van der Waals surface area (Å²) in [6.45, 7) is 0.375. The zero-order valence-electron chi connectivity index (χ0n) is 7.25. The Morgan fingerprint density at radius 3 is 3.07 bits per heavy atom. The molecule has 1 N–H and O–H groups in total. The van der Waals surface area contributed by atoms with Crippen LogP contribution in [0.2, 0.25) is 0 Å². The summed E-state index contributed by atoms with van der Waals surface area (Å²) < 4.78 is 9.09. The Hall–Kier alpha value is -1.62. The van der Waals surface area contributed by atoms with Crippen LogP contribution < -0.4 is 4.74 Å². The van der Waals surface area contributed by atoms with E-state index in [0.29, 0.717) is 12.4 Å². The summed E-state index contributed by atoms with van der Waals surface area (Å²) in [5.41, 5.74) is 0.790. The molecule has 0 aliphatic heterocycles. The highest BCUT2D eigenvalue weighted by Gasteiger charge is 1.98. The highest BCUT2D eigenvalue weighted by molar-refractivity contribution is 7.03. The molecule has 2 aromatic rings. The Morgan fingerprint density at radius 1 is 1.43 bits per heavy atom. The van der Waals surface area contributed by atoms with Crippen LogP contribution in [0, 0.1) is 0 Å². The first-order valence-electron chi connectivity index (χ1n) is 4.02. The number of nitrogens with zero attached hydrogens (tertiary/aromatic N) is 2. The molecule has 5 heteroatoms. The van der Waals surface area contributed by atoms with Gasteiger partial charge in [-0.15, -0.1) is 5.10 Å². The van der Waals surface area contributed by atoms with Gasteiger partial charge in [0.1, 0.15) is 23.8 Å². The Kier molecular flexibility index (Phi) is 2.60. The Labute approximate surface area is 85.0 Å². The van der Waals surface area contributed by atoms with Crippen LogP contribution >= 0.6 is 11.5 Å². The molecule has 0 saturated carbocycles. The molecule has 2 rings (SSSR count). The summed E-state index contributed by atoms with van der Waals surface area (Å²) in [4.78, 5) is 0. The Bertz CT molecular complexity index is 403. The van der Waals surface area contributed by atoms with Gasteiger partial charge in [-0.25, -0.2) is 0 Å². The zero-order valence-corrected chi connectivity index (χ0v) is 8.07. The highest BCUT2D eigenvalue weighted by Crippen LogP contribution is 2.18. The van der Waals surface area contributed by atoms with Gasteiger partial charge in [-0.1, -0.05) is 10.6 Å². The fraction of sp³-hybridized carbons (Fsp3) is 0.111. The number of hydrogen-bond acceptors (Lipinski definition) is 5. The molecule has 0 radical (unpaired) electrons. The molecule has 72 valence electrons. The van der Waals surface area contributed by atoms with Crippen LogP contribution in [0.4, 0.5) is 0 Å². The van der Waals surface area contributed by atoms with Gasteiger partial charge in [0.25, 0.3) is 0 Å². The topological polar surface area (TPSA) is 55.2 Å². The number of aromatic hydroxyl groups is 1. The summed E-state index contributed by atoms with van der Waals surface area (Å²) in [6.07, 6.45) is 0. The predicted octanol–water partition coefficient (Wildman–Crippen LogP) is 1.82. The predicted molar refractivity (Wildman–Crippen MR) is 52.3 cm³/mol. The second-order valence-electron chi connectivity index (χ2n) is 2.68. The number of aromatic nitrogens is 2. The van der Waals surface area contributed by atoms with Crippen molar-refractivity contribution in [1.29, 1.82) is 0 Å². The number of benzene rings is 1. The highest BCUT2D eigenvalue weighted by atomic mass is 32.1. The van der Waals surface area contributed by atoms with Crippen LogP contribution in [0.5, 0.6) is 11.5 Å². The molecule has 1 heterocycles. The molecule has 14 heavy (non-hydrogen) atoms. The van der Waals surface area contributed by atoms with Crippen molar-refractivity contribution in [2.24, 2.45) is 0 Å². The maximum Gasteiger partial charge on any atom is 0.133 e. The molecular formula is C9H8N2O2S. The number of ether oxygens (including phenoxy) is 1. The van der Waals surface area contributed by atoms with Gasteiger partial charge in [-0.2, -0.15) is 0 Å². The van der Waals surface area contributed by atoms with Crippen molar-refractivity contribution in [2.75, 3.05) is 0 Å². The monoisotopic (exact) mass is 208 g/mol. The van der Waals surface area contributed by atoms with E-state index in [0.717, 1.165) is 5.69 Å². The smallest absolute Gasteiger partial charge is 0.133 e. The van der Waals surface area contributed by atoms with Crippen molar-refractivity contribution in [2.45, 2.75) is 6.61 Å². The van der Waals surface area contributed by atoms with E-state index in [-0.39, 0.29) is 5.75 Å². The number of phenols is 1. The maximum atomic E-state index is 9.16. The van der Waals surface area contributed by atoms with Gasteiger partial charge in [0, 0.05) is 11.4 Å². The molecule has 1 aromatic carbocycles. The van der Waals surface area contributed by atoms with Crippen LogP contribution in [0.1, 0.15) is 5.69 Å². The summed E-state index contributed by atoms with van der Waals surface area (Å²) >= 11 is 1.29. The van der Waals surface area contributed by atoms with Crippen LogP contribution in [0.25, 0.3) is 0 Å². The summed E-state index contributed by atoms with van der Waals surface area (Å²) in [6, 6.07) is 6.65. The Morgan fingerprint density at radius 2 is 2.36 bits per heavy atom. The molecule has 0 amide bonds. The van der Waals surface area contributed by atoms with Gasteiger partial charge >= 0.3 is 0 Å². The minimum Gasteiger partial charge on any atom is -0.508 e. The van der Waals surface area contributed by atoms with Crippen LogP contribution in [0.3, 0.4) is 0 Å². The van der Waals surface area contributed by atoms with Crippen molar-refractivity contribution < 1.29 is 9.84 Å². The number of hydrogen-bond donors (Lipinski definition) is 1. The summed E-state index contributed by atoms with van der Waals surface area (Å²) in [7, 11) is 0. The molecule has 0 aliphatic rings. The van der Waals surface area contributed by atoms with E-state index in [1.54, 1.807) is 24.3 Å². The number of rotatable bonds is 3. The molecule has 0 fully saturated rings. The first-order chi connectivity index (χ1) is 6.84.